The highest BCUT2D eigenvalue weighted by atomic mass is 32.2. The normalized spacial score (nSPS) is 12.7. The van der Waals surface area contributed by atoms with E-state index in [1.165, 1.54) is 22.7 Å². The van der Waals surface area contributed by atoms with Crippen LogP contribution in [0.1, 0.15) is 12.5 Å². The van der Waals surface area contributed by atoms with Gasteiger partial charge in [0.2, 0.25) is 0 Å². The van der Waals surface area contributed by atoms with Crippen LogP contribution in [-0.2, 0) is 0 Å². The van der Waals surface area contributed by atoms with Gasteiger partial charge in [0.05, 0.1) is 16.8 Å². The fourth-order valence-corrected chi connectivity index (χ4v) is 2.89. The number of aryl methyl sites for hydroxylation is 1. The van der Waals surface area contributed by atoms with E-state index >= 15 is 0 Å². The van der Waals surface area contributed by atoms with Gasteiger partial charge < -0.3 is 0 Å². The predicted octanol–water partition coefficient (Wildman–Crippen LogP) is 3.20. The first-order valence-electron chi connectivity index (χ1n) is 6.00. The standard InChI is InChI=1S/C14H12N4S/c1-9-7-13-16-17-14(19-10(2)8-15)18(13)12-6-4-3-5-11(9)12/h3-7,10H,1-2H3/t10-/m1/s1. The van der Waals surface area contributed by atoms with E-state index in [0.717, 1.165) is 16.3 Å². The fraction of sp³-hybridized carbons (Fsp3) is 0.214. The fourth-order valence-electron chi connectivity index (χ4n) is 2.14. The molecule has 0 unspecified atom stereocenters. The molecule has 4 nitrogen and oxygen atoms in total. The largest absolute Gasteiger partial charge is 0.270 e. The van der Waals surface area contributed by atoms with E-state index in [1.54, 1.807) is 0 Å². The minimum atomic E-state index is -0.146. The molecule has 5 heteroatoms. The van der Waals surface area contributed by atoms with Crippen molar-refractivity contribution in [2.75, 3.05) is 0 Å². The molecule has 0 aliphatic rings. The summed E-state index contributed by atoms with van der Waals surface area (Å²) < 4.78 is 2.01. The number of pyridine rings is 1. The van der Waals surface area contributed by atoms with Crippen LogP contribution in [0, 0.1) is 18.3 Å². The molecule has 0 fully saturated rings. The zero-order valence-electron chi connectivity index (χ0n) is 10.7. The Labute approximate surface area is 115 Å². The van der Waals surface area contributed by atoms with E-state index in [2.05, 4.69) is 35.3 Å². The Morgan fingerprint density at radius 3 is 2.89 bits per heavy atom. The van der Waals surface area contributed by atoms with E-state index in [0.29, 0.717) is 0 Å². The van der Waals surface area contributed by atoms with Crippen molar-refractivity contribution in [1.82, 2.24) is 14.6 Å². The van der Waals surface area contributed by atoms with Gasteiger partial charge in [-0.05, 0) is 31.5 Å². The number of thioether (sulfide) groups is 1. The Morgan fingerprint density at radius 1 is 1.32 bits per heavy atom. The molecule has 19 heavy (non-hydrogen) atoms. The van der Waals surface area contributed by atoms with Crippen molar-refractivity contribution < 1.29 is 0 Å². The molecule has 0 bridgehead atoms. The third-order valence-electron chi connectivity index (χ3n) is 3.04. The van der Waals surface area contributed by atoms with Crippen molar-refractivity contribution in [3.63, 3.8) is 0 Å². The van der Waals surface area contributed by atoms with Crippen LogP contribution < -0.4 is 0 Å². The molecule has 0 spiro atoms. The Bertz CT molecular complexity index is 800. The van der Waals surface area contributed by atoms with E-state index in [4.69, 9.17) is 5.26 Å². The van der Waals surface area contributed by atoms with Crippen molar-refractivity contribution in [2.45, 2.75) is 24.3 Å². The van der Waals surface area contributed by atoms with Crippen LogP contribution in [0.15, 0.2) is 35.5 Å². The van der Waals surface area contributed by atoms with Crippen LogP contribution in [0.5, 0.6) is 0 Å². The van der Waals surface area contributed by atoms with Crippen LogP contribution in [-0.4, -0.2) is 19.8 Å². The summed E-state index contributed by atoms with van der Waals surface area (Å²) in [4.78, 5) is 0. The number of rotatable bonds is 2. The summed E-state index contributed by atoms with van der Waals surface area (Å²) in [5.74, 6) is 0. The average Bonchev–Trinajstić information content (AvgIpc) is 2.82. The summed E-state index contributed by atoms with van der Waals surface area (Å²) >= 11 is 1.43. The van der Waals surface area contributed by atoms with Gasteiger partial charge in [-0.15, -0.1) is 10.2 Å². The molecular weight excluding hydrogens is 256 g/mol. The Kier molecular flexibility index (Phi) is 2.88. The van der Waals surface area contributed by atoms with Gasteiger partial charge >= 0.3 is 0 Å². The zero-order valence-corrected chi connectivity index (χ0v) is 11.5. The molecule has 0 N–H and O–H groups in total. The van der Waals surface area contributed by atoms with Crippen molar-refractivity contribution in [3.05, 3.63) is 35.9 Å². The Hall–Kier alpha value is -2.06. The van der Waals surface area contributed by atoms with E-state index in [-0.39, 0.29) is 5.25 Å². The highest BCUT2D eigenvalue weighted by Gasteiger charge is 2.13. The van der Waals surface area contributed by atoms with Crippen molar-refractivity contribution in [3.8, 4) is 6.07 Å². The zero-order chi connectivity index (χ0) is 13.4. The van der Waals surface area contributed by atoms with Gasteiger partial charge in [0.1, 0.15) is 0 Å². The summed E-state index contributed by atoms with van der Waals surface area (Å²) in [5, 5.41) is 19.1. The molecular formula is C14H12N4S. The first-order valence-corrected chi connectivity index (χ1v) is 6.88. The third kappa shape index (κ3) is 1.94. The van der Waals surface area contributed by atoms with E-state index in [1.807, 2.05) is 29.5 Å². The predicted molar refractivity (Wildman–Crippen MR) is 76.2 cm³/mol. The minimum absolute atomic E-state index is 0.146. The minimum Gasteiger partial charge on any atom is -0.270 e. The highest BCUT2D eigenvalue weighted by Crippen LogP contribution is 2.27. The van der Waals surface area contributed by atoms with Gasteiger partial charge in [0, 0.05) is 5.39 Å². The summed E-state index contributed by atoms with van der Waals surface area (Å²) in [7, 11) is 0. The Morgan fingerprint density at radius 2 is 2.11 bits per heavy atom. The average molecular weight is 268 g/mol. The summed E-state index contributed by atoms with van der Waals surface area (Å²) in [6, 6.07) is 12.4. The van der Waals surface area contributed by atoms with E-state index < -0.39 is 0 Å². The number of fused-ring (bicyclic) bond motifs is 3. The summed E-state index contributed by atoms with van der Waals surface area (Å²) in [6.45, 7) is 3.93. The molecule has 1 atom stereocenters. The highest BCUT2D eigenvalue weighted by molar-refractivity contribution is 8.00. The molecule has 0 aliphatic heterocycles. The molecule has 0 radical (unpaired) electrons. The maximum Gasteiger partial charge on any atom is 0.197 e. The third-order valence-corrected chi connectivity index (χ3v) is 3.97. The lowest BCUT2D eigenvalue weighted by Gasteiger charge is -2.07. The van der Waals surface area contributed by atoms with Crippen molar-refractivity contribution in [1.29, 1.82) is 5.26 Å². The first-order chi connectivity index (χ1) is 9.20. The summed E-state index contributed by atoms with van der Waals surface area (Å²) in [6.07, 6.45) is 0. The van der Waals surface area contributed by atoms with E-state index in [9.17, 15) is 0 Å². The lowest BCUT2D eigenvalue weighted by molar-refractivity contribution is 0.936. The molecule has 3 rings (SSSR count). The SMILES string of the molecule is Cc1cc2nnc(S[C@H](C)C#N)n2c2ccccc12. The second-order valence-corrected chi connectivity index (χ2v) is 5.72. The quantitative estimate of drug-likeness (QED) is 0.670. The second kappa shape index (κ2) is 4.56. The Balaban J connectivity index is 2.32. The molecule has 0 amide bonds. The molecule has 0 saturated heterocycles. The topological polar surface area (TPSA) is 54.0 Å². The molecule has 0 saturated carbocycles. The lowest BCUT2D eigenvalue weighted by atomic mass is 10.1. The van der Waals surface area contributed by atoms with Gasteiger partial charge in [-0.1, -0.05) is 30.0 Å². The number of nitrogens with zero attached hydrogens (tertiary/aromatic N) is 4. The van der Waals surface area contributed by atoms with Crippen LogP contribution in [0.2, 0.25) is 0 Å². The number of hydrogen-bond acceptors (Lipinski definition) is 4. The van der Waals surface area contributed by atoms with Crippen molar-refractivity contribution >= 4 is 28.3 Å². The number of para-hydroxylation sites is 1. The molecule has 1 aromatic carbocycles. The number of nitriles is 1. The van der Waals surface area contributed by atoms with Gasteiger partial charge in [-0.25, -0.2) is 0 Å². The smallest absolute Gasteiger partial charge is 0.197 e. The molecule has 94 valence electrons. The van der Waals surface area contributed by atoms with Gasteiger partial charge in [-0.3, -0.25) is 4.40 Å². The maximum atomic E-state index is 8.93. The van der Waals surface area contributed by atoms with Gasteiger partial charge in [0.25, 0.3) is 0 Å². The molecule has 3 aromatic rings. The summed E-state index contributed by atoms with van der Waals surface area (Å²) in [5.41, 5.74) is 3.08. The maximum absolute atomic E-state index is 8.93. The van der Waals surface area contributed by atoms with Crippen molar-refractivity contribution in [2.24, 2.45) is 0 Å². The van der Waals surface area contributed by atoms with Crippen LogP contribution >= 0.6 is 11.8 Å². The number of hydrogen-bond donors (Lipinski definition) is 0. The van der Waals surface area contributed by atoms with Crippen LogP contribution in [0.4, 0.5) is 0 Å². The lowest BCUT2D eigenvalue weighted by Crippen LogP contribution is -1.96. The van der Waals surface area contributed by atoms with Gasteiger partial charge in [0.15, 0.2) is 10.8 Å². The number of aromatic nitrogens is 3. The first kappa shape index (κ1) is 12.0. The van der Waals surface area contributed by atoms with Crippen LogP contribution in [0.25, 0.3) is 16.6 Å². The second-order valence-electron chi connectivity index (χ2n) is 4.41. The monoisotopic (exact) mass is 268 g/mol. The molecule has 0 aliphatic carbocycles. The molecule has 2 aromatic heterocycles. The molecule has 2 heterocycles. The van der Waals surface area contributed by atoms with Gasteiger partial charge in [-0.2, -0.15) is 5.26 Å². The number of benzene rings is 1. The van der Waals surface area contributed by atoms with Crippen LogP contribution in [0.3, 0.4) is 0 Å².